The van der Waals surface area contributed by atoms with Gasteiger partial charge >= 0.3 is 6.18 Å². The number of ether oxygens (including phenoxy) is 2. The average Bonchev–Trinajstić information content (AvgIpc) is 3.23. The lowest BCUT2D eigenvalue weighted by molar-refractivity contribution is -0.137. The zero-order chi connectivity index (χ0) is 21.8. The van der Waals surface area contributed by atoms with Crippen molar-refractivity contribution in [3.8, 4) is 17.3 Å². The lowest BCUT2D eigenvalue weighted by Gasteiger charge is -2.23. The Morgan fingerprint density at radius 2 is 1.90 bits per heavy atom. The van der Waals surface area contributed by atoms with Crippen molar-refractivity contribution in [3.05, 3.63) is 53.7 Å². The third-order valence-electron chi connectivity index (χ3n) is 4.55. The fourth-order valence-corrected chi connectivity index (χ4v) is 3.52. The van der Waals surface area contributed by atoms with Crippen LogP contribution in [0.4, 0.5) is 18.3 Å². The minimum atomic E-state index is -4.46. The summed E-state index contributed by atoms with van der Waals surface area (Å²) in [6.45, 7) is 1.33. The van der Waals surface area contributed by atoms with Gasteiger partial charge in [0.05, 0.1) is 18.8 Å². The Kier molecular flexibility index (Phi) is 6.14. The molecule has 0 radical (unpaired) electrons. The van der Waals surface area contributed by atoms with E-state index in [4.69, 9.17) is 9.47 Å². The molecule has 1 fully saturated rings. The first-order chi connectivity index (χ1) is 14.9. The summed E-state index contributed by atoms with van der Waals surface area (Å²) in [4.78, 5) is 20.8. The van der Waals surface area contributed by atoms with Crippen LogP contribution in [-0.4, -0.2) is 39.6 Å². The summed E-state index contributed by atoms with van der Waals surface area (Å²) >= 11 is 0.946. The lowest BCUT2D eigenvalue weighted by Crippen LogP contribution is -2.25. The number of halogens is 3. The Morgan fingerprint density at radius 3 is 2.61 bits per heavy atom. The molecule has 11 heteroatoms. The maximum absolute atomic E-state index is 12.7. The van der Waals surface area contributed by atoms with Crippen molar-refractivity contribution in [2.24, 2.45) is 0 Å². The van der Waals surface area contributed by atoms with Crippen LogP contribution in [0.25, 0.3) is 11.5 Å². The molecule has 1 aliphatic heterocycles. The highest BCUT2D eigenvalue weighted by Gasteiger charge is 2.30. The van der Waals surface area contributed by atoms with Crippen molar-refractivity contribution < 1.29 is 27.4 Å². The van der Waals surface area contributed by atoms with Crippen LogP contribution in [0.1, 0.15) is 28.8 Å². The van der Waals surface area contributed by atoms with Gasteiger partial charge in [-0.05, 0) is 30.3 Å². The zero-order valence-corrected chi connectivity index (χ0v) is 16.9. The molecule has 1 aromatic carbocycles. The van der Waals surface area contributed by atoms with E-state index in [9.17, 15) is 18.0 Å². The summed E-state index contributed by atoms with van der Waals surface area (Å²) < 4.78 is 53.4. The van der Waals surface area contributed by atoms with Gasteiger partial charge in [0, 0.05) is 42.2 Å². The Balaban J connectivity index is 1.42. The summed E-state index contributed by atoms with van der Waals surface area (Å²) in [6.07, 6.45) is -1.17. The van der Waals surface area contributed by atoms with Crippen molar-refractivity contribution in [1.29, 1.82) is 0 Å². The smallest absolute Gasteiger partial charge is 0.416 e. The van der Waals surface area contributed by atoms with Crippen LogP contribution in [0.5, 0.6) is 5.75 Å². The Hall–Kier alpha value is -3.05. The number of amides is 1. The molecule has 7 nitrogen and oxygen atoms in total. The van der Waals surface area contributed by atoms with Gasteiger partial charge in [0.25, 0.3) is 5.91 Å². The normalized spacial score (nSPS) is 14.9. The van der Waals surface area contributed by atoms with E-state index in [1.165, 1.54) is 0 Å². The number of aromatic nitrogens is 3. The highest BCUT2D eigenvalue weighted by atomic mass is 32.1. The Morgan fingerprint density at radius 1 is 1.16 bits per heavy atom. The number of hydrogen-bond donors (Lipinski definition) is 1. The second-order valence-corrected chi connectivity index (χ2v) is 7.51. The number of anilines is 1. The van der Waals surface area contributed by atoms with Crippen LogP contribution in [0, 0.1) is 0 Å². The van der Waals surface area contributed by atoms with Crippen LogP contribution in [0.15, 0.2) is 42.6 Å². The maximum atomic E-state index is 12.7. The summed E-state index contributed by atoms with van der Waals surface area (Å²) in [5, 5.41) is 2.74. The lowest BCUT2D eigenvalue weighted by atomic mass is 10.1. The molecule has 3 heterocycles. The molecule has 4 rings (SSSR count). The van der Waals surface area contributed by atoms with Crippen LogP contribution in [0.3, 0.4) is 0 Å². The Bertz CT molecular complexity index is 1050. The molecule has 3 aromatic rings. The van der Waals surface area contributed by atoms with E-state index in [2.05, 4.69) is 19.7 Å². The first kappa shape index (κ1) is 21.2. The van der Waals surface area contributed by atoms with E-state index in [-0.39, 0.29) is 16.8 Å². The molecule has 0 spiro atoms. The highest BCUT2D eigenvalue weighted by Crippen LogP contribution is 2.29. The second-order valence-electron chi connectivity index (χ2n) is 6.76. The van der Waals surface area contributed by atoms with E-state index >= 15 is 0 Å². The number of benzene rings is 1. The van der Waals surface area contributed by atoms with Crippen LogP contribution >= 0.6 is 11.5 Å². The molecule has 0 atom stereocenters. The minimum Gasteiger partial charge on any atom is -0.490 e. The summed E-state index contributed by atoms with van der Waals surface area (Å²) in [5.41, 5.74) is -0.262. The number of nitrogens with one attached hydrogen (secondary N) is 1. The predicted molar refractivity (Wildman–Crippen MR) is 107 cm³/mol. The van der Waals surface area contributed by atoms with E-state index in [1.54, 1.807) is 18.3 Å². The van der Waals surface area contributed by atoms with Crippen LogP contribution in [-0.2, 0) is 10.9 Å². The van der Waals surface area contributed by atoms with Gasteiger partial charge in [-0.25, -0.2) is 0 Å². The molecule has 0 saturated carbocycles. The third kappa shape index (κ3) is 5.36. The summed E-state index contributed by atoms with van der Waals surface area (Å²) in [7, 11) is 0. The van der Waals surface area contributed by atoms with Gasteiger partial charge in [-0.1, -0.05) is 0 Å². The molecule has 1 aliphatic rings. The van der Waals surface area contributed by atoms with Gasteiger partial charge in [0.2, 0.25) is 5.13 Å². The van der Waals surface area contributed by atoms with Crippen molar-refractivity contribution in [2.45, 2.75) is 25.1 Å². The first-order valence-electron chi connectivity index (χ1n) is 9.41. The quantitative estimate of drug-likeness (QED) is 0.619. The van der Waals surface area contributed by atoms with Crippen LogP contribution in [0.2, 0.25) is 0 Å². The molecule has 1 N–H and O–H groups in total. The molecule has 162 valence electrons. The van der Waals surface area contributed by atoms with Gasteiger partial charge in [-0.2, -0.15) is 22.5 Å². The van der Waals surface area contributed by atoms with E-state index < -0.39 is 17.6 Å². The van der Waals surface area contributed by atoms with E-state index in [0.29, 0.717) is 30.5 Å². The van der Waals surface area contributed by atoms with Crippen molar-refractivity contribution in [3.63, 3.8) is 0 Å². The number of carbonyl (C=O) groups excluding carboxylic acids is 1. The SMILES string of the molecule is O=C(Nc1nc(-c2cc(OC3CCOCC3)ccn2)ns1)c1ccc(C(F)(F)F)cc1. The number of carbonyl (C=O) groups is 1. The minimum absolute atomic E-state index is 0.0750. The molecular weight excluding hydrogens is 433 g/mol. The summed E-state index contributed by atoms with van der Waals surface area (Å²) in [5.74, 6) is 0.369. The molecule has 0 unspecified atom stereocenters. The predicted octanol–water partition coefficient (Wildman–Crippen LogP) is 4.43. The number of pyridine rings is 1. The standard InChI is InChI=1S/C20H17F3N4O3S/c21-20(22,23)13-3-1-12(2-4-13)18(28)26-19-25-17(27-31-19)16-11-15(5-8-24-16)30-14-6-9-29-10-7-14/h1-5,8,11,14H,6-7,9-10H2,(H,25,26,27,28). The number of nitrogens with zero attached hydrogens (tertiary/aromatic N) is 3. The summed E-state index contributed by atoms with van der Waals surface area (Å²) in [6, 6.07) is 7.40. The second kappa shape index (κ2) is 8.98. The molecule has 1 saturated heterocycles. The number of alkyl halides is 3. The van der Waals surface area contributed by atoms with Gasteiger partial charge in [-0.3, -0.25) is 15.1 Å². The number of hydrogen-bond acceptors (Lipinski definition) is 7. The van der Waals surface area contributed by atoms with E-state index in [0.717, 1.165) is 48.6 Å². The number of rotatable bonds is 5. The maximum Gasteiger partial charge on any atom is 0.416 e. The fourth-order valence-electron chi connectivity index (χ4n) is 2.95. The van der Waals surface area contributed by atoms with Crippen molar-refractivity contribution in [2.75, 3.05) is 18.5 Å². The van der Waals surface area contributed by atoms with E-state index in [1.807, 2.05) is 0 Å². The first-order valence-corrected chi connectivity index (χ1v) is 10.2. The van der Waals surface area contributed by atoms with Gasteiger partial charge in [0.15, 0.2) is 5.82 Å². The third-order valence-corrected chi connectivity index (χ3v) is 5.18. The van der Waals surface area contributed by atoms with Crippen molar-refractivity contribution >= 4 is 22.6 Å². The highest BCUT2D eigenvalue weighted by molar-refractivity contribution is 7.10. The van der Waals surface area contributed by atoms with Gasteiger partial charge in [0.1, 0.15) is 17.5 Å². The average molecular weight is 450 g/mol. The molecule has 1 amide bonds. The monoisotopic (exact) mass is 450 g/mol. The van der Waals surface area contributed by atoms with Crippen molar-refractivity contribution in [1.82, 2.24) is 14.3 Å². The molecule has 31 heavy (non-hydrogen) atoms. The fraction of sp³-hybridized carbons (Fsp3) is 0.300. The molecule has 2 aromatic heterocycles. The molecule has 0 aliphatic carbocycles. The van der Waals surface area contributed by atoms with Gasteiger partial charge < -0.3 is 9.47 Å². The van der Waals surface area contributed by atoms with Gasteiger partial charge in [-0.15, -0.1) is 0 Å². The largest absolute Gasteiger partial charge is 0.490 e. The Labute approximate surface area is 179 Å². The topological polar surface area (TPSA) is 86.2 Å². The molecule has 0 bridgehead atoms. The molecular formula is C20H17F3N4O3S. The van der Waals surface area contributed by atoms with Crippen LogP contribution < -0.4 is 10.1 Å². The zero-order valence-electron chi connectivity index (χ0n) is 16.1.